The Morgan fingerprint density at radius 3 is 3.00 bits per heavy atom. The predicted molar refractivity (Wildman–Crippen MR) is 79.5 cm³/mol. The number of amides is 1. The van der Waals surface area contributed by atoms with E-state index in [1.165, 1.54) is 0 Å². The second-order valence-electron chi connectivity index (χ2n) is 5.14. The fraction of sp³-hybridized carbons (Fsp3) is 0.471. The summed E-state index contributed by atoms with van der Waals surface area (Å²) < 4.78 is 0. The second-order valence-corrected chi connectivity index (χ2v) is 5.14. The molecule has 1 saturated heterocycles. The lowest BCUT2D eigenvalue weighted by Gasteiger charge is -2.24. The first-order valence-corrected chi connectivity index (χ1v) is 7.19. The van der Waals surface area contributed by atoms with E-state index in [2.05, 4.69) is 18.8 Å². The molecule has 0 radical (unpaired) electrons. The van der Waals surface area contributed by atoms with Gasteiger partial charge in [-0.1, -0.05) is 24.8 Å². The number of benzene rings is 1. The smallest absolute Gasteiger partial charge is 0.254 e. The molecule has 1 aliphatic rings. The summed E-state index contributed by atoms with van der Waals surface area (Å²) in [6, 6.07) is 5.98. The summed E-state index contributed by atoms with van der Waals surface area (Å²) in [6.07, 6.45) is 3.20. The third kappa shape index (κ3) is 2.86. The van der Waals surface area contributed by atoms with Crippen molar-refractivity contribution in [3.05, 3.63) is 34.9 Å². The van der Waals surface area contributed by atoms with Crippen LogP contribution in [-0.4, -0.2) is 35.1 Å². The van der Waals surface area contributed by atoms with Gasteiger partial charge in [0.1, 0.15) is 6.61 Å². The van der Waals surface area contributed by atoms with Crippen molar-refractivity contribution < 1.29 is 9.90 Å². The Labute approximate surface area is 120 Å². The van der Waals surface area contributed by atoms with Crippen LogP contribution in [0, 0.1) is 18.8 Å². The zero-order chi connectivity index (χ0) is 14.5. The monoisotopic (exact) mass is 271 g/mol. The van der Waals surface area contributed by atoms with E-state index in [-0.39, 0.29) is 12.5 Å². The molecule has 0 saturated carbocycles. The van der Waals surface area contributed by atoms with Gasteiger partial charge in [0.15, 0.2) is 0 Å². The minimum absolute atomic E-state index is 0.111. The van der Waals surface area contributed by atoms with Gasteiger partial charge >= 0.3 is 0 Å². The summed E-state index contributed by atoms with van der Waals surface area (Å²) >= 11 is 0. The number of likely N-dealkylation sites (tertiary alicyclic amines) is 1. The van der Waals surface area contributed by atoms with Gasteiger partial charge in [0.05, 0.1) is 0 Å². The lowest BCUT2D eigenvalue weighted by molar-refractivity contribution is 0.0733. The first-order chi connectivity index (χ1) is 9.69. The van der Waals surface area contributed by atoms with Crippen molar-refractivity contribution in [1.82, 2.24) is 4.90 Å². The molecule has 0 aromatic heterocycles. The average Bonchev–Trinajstić information content (AvgIpc) is 2.94. The number of aliphatic hydroxyl groups is 1. The van der Waals surface area contributed by atoms with Gasteiger partial charge in [0, 0.05) is 23.7 Å². The predicted octanol–water partition coefficient (Wildman–Crippen LogP) is 2.35. The zero-order valence-electron chi connectivity index (χ0n) is 12.1. The molecule has 3 heteroatoms. The van der Waals surface area contributed by atoms with Crippen LogP contribution < -0.4 is 0 Å². The van der Waals surface area contributed by atoms with E-state index in [1.807, 2.05) is 30.0 Å². The Balaban J connectivity index is 2.30. The molecule has 1 fully saturated rings. The lowest BCUT2D eigenvalue weighted by Crippen LogP contribution is -2.35. The van der Waals surface area contributed by atoms with Gasteiger partial charge < -0.3 is 10.0 Å². The minimum Gasteiger partial charge on any atom is -0.384 e. The van der Waals surface area contributed by atoms with Gasteiger partial charge in [-0.05, 0) is 43.9 Å². The van der Waals surface area contributed by atoms with Crippen LogP contribution in [0.15, 0.2) is 18.2 Å². The molecule has 3 nitrogen and oxygen atoms in total. The fourth-order valence-corrected chi connectivity index (χ4v) is 2.82. The van der Waals surface area contributed by atoms with Gasteiger partial charge in [0.25, 0.3) is 5.91 Å². The standard InChI is InChI=1S/C17H21NO2/c1-3-15-9-5-11-18(15)17(20)16-10-4-7-14(13(16)2)8-6-12-19/h4,7,10,15,19H,3,5,9,11-12H2,1-2H3. The molecule has 1 aromatic rings. The summed E-state index contributed by atoms with van der Waals surface area (Å²) in [4.78, 5) is 14.7. The van der Waals surface area contributed by atoms with E-state index < -0.39 is 0 Å². The van der Waals surface area contributed by atoms with Crippen LogP contribution in [0.2, 0.25) is 0 Å². The normalized spacial score (nSPS) is 17.8. The van der Waals surface area contributed by atoms with Gasteiger partial charge in [-0.25, -0.2) is 0 Å². The first-order valence-electron chi connectivity index (χ1n) is 7.19. The zero-order valence-corrected chi connectivity index (χ0v) is 12.1. The summed E-state index contributed by atoms with van der Waals surface area (Å²) in [5, 5.41) is 8.79. The number of nitrogens with zero attached hydrogens (tertiary/aromatic N) is 1. The summed E-state index contributed by atoms with van der Waals surface area (Å²) in [5.41, 5.74) is 2.45. The van der Waals surface area contributed by atoms with E-state index in [0.29, 0.717) is 6.04 Å². The maximum atomic E-state index is 12.7. The van der Waals surface area contributed by atoms with Crippen molar-refractivity contribution in [1.29, 1.82) is 0 Å². The second kappa shape index (κ2) is 6.58. The molecule has 1 amide bonds. The Morgan fingerprint density at radius 2 is 2.30 bits per heavy atom. The Bertz CT molecular complexity index is 554. The van der Waals surface area contributed by atoms with Crippen molar-refractivity contribution in [3.63, 3.8) is 0 Å². The number of carbonyl (C=O) groups is 1. The van der Waals surface area contributed by atoms with E-state index in [9.17, 15) is 4.79 Å². The number of hydrogen-bond acceptors (Lipinski definition) is 2. The van der Waals surface area contributed by atoms with E-state index in [1.54, 1.807) is 0 Å². The highest BCUT2D eigenvalue weighted by molar-refractivity contribution is 5.96. The number of aliphatic hydroxyl groups excluding tert-OH is 1. The van der Waals surface area contributed by atoms with Gasteiger partial charge in [-0.3, -0.25) is 4.79 Å². The van der Waals surface area contributed by atoms with Gasteiger partial charge in [-0.2, -0.15) is 0 Å². The highest BCUT2D eigenvalue weighted by atomic mass is 16.2. The summed E-state index contributed by atoms with van der Waals surface area (Å²) in [5.74, 6) is 5.66. The lowest BCUT2D eigenvalue weighted by atomic mass is 10.0. The van der Waals surface area contributed by atoms with Crippen molar-refractivity contribution in [2.75, 3.05) is 13.2 Å². The molecule has 106 valence electrons. The Hall–Kier alpha value is -1.79. The van der Waals surface area contributed by atoms with Crippen LogP contribution in [0.1, 0.15) is 47.7 Å². The maximum absolute atomic E-state index is 12.7. The molecule has 1 N–H and O–H groups in total. The molecule has 1 aliphatic heterocycles. The Kier molecular flexibility index (Phi) is 4.81. The highest BCUT2D eigenvalue weighted by Crippen LogP contribution is 2.24. The molecule has 0 aliphatic carbocycles. The van der Waals surface area contributed by atoms with Crippen molar-refractivity contribution in [2.24, 2.45) is 0 Å². The van der Waals surface area contributed by atoms with Crippen molar-refractivity contribution >= 4 is 5.91 Å². The third-order valence-corrected chi connectivity index (χ3v) is 3.98. The van der Waals surface area contributed by atoms with Crippen LogP contribution in [0.5, 0.6) is 0 Å². The highest BCUT2D eigenvalue weighted by Gasteiger charge is 2.28. The molecular formula is C17H21NO2. The maximum Gasteiger partial charge on any atom is 0.254 e. The van der Waals surface area contributed by atoms with Crippen LogP contribution in [0.25, 0.3) is 0 Å². The van der Waals surface area contributed by atoms with E-state index in [4.69, 9.17) is 5.11 Å². The SMILES string of the molecule is CCC1CCCN1C(=O)c1cccc(C#CCO)c1C. The first kappa shape index (κ1) is 14.6. The molecule has 1 aromatic carbocycles. The van der Waals surface area contributed by atoms with Crippen molar-refractivity contribution in [2.45, 2.75) is 39.2 Å². The van der Waals surface area contributed by atoms with Crippen LogP contribution in [0.4, 0.5) is 0 Å². The molecule has 0 bridgehead atoms. The van der Waals surface area contributed by atoms with Crippen LogP contribution in [-0.2, 0) is 0 Å². The van der Waals surface area contributed by atoms with Gasteiger partial charge in [-0.15, -0.1) is 0 Å². The van der Waals surface area contributed by atoms with Gasteiger partial charge in [0.2, 0.25) is 0 Å². The summed E-state index contributed by atoms with van der Waals surface area (Å²) in [6.45, 7) is 4.74. The molecule has 0 spiro atoms. The third-order valence-electron chi connectivity index (χ3n) is 3.98. The van der Waals surface area contributed by atoms with Crippen LogP contribution >= 0.6 is 0 Å². The number of carbonyl (C=O) groups excluding carboxylic acids is 1. The van der Waals surface area contributed by atoms with E-state index in [0.717, 1.165) is 42.5 Å². The molecule has 2 rings (SSSR count). The average molecular weight is 271 g/mol. The molecular weight excluding hydrogens is 250 g/mol. The molecule has 1 unspecified atom stereocenters. The molecule has 1 atom stereocenters. The topological polar surface area (TPSA) is 40.5 Å². The Morgan fingerprint density at radius 1 is 1.50 bits per heavy atom. The number of rotatable bonds is 2. The minimum atomic E-state index is -0.165. The number of hydrogen-bond donors (Lipinski definition) is 1. The fourth-order valence-electron chi connectivity index (χ4n) is 2.82. The van der Waals surface area contributed by atoms with Crippen molar-refractivity contribution in [3.8, 4) is 11.8 Å². The summed E-state index contributed by atoms with van der Waals surface area (Å²) in [7, 11) is 0. The largest absolute Gasteiger partial charge is 0.384 e. The molecule has 1 heterocycles. The molecule has 20 heavy (non-hydrogen) atoms. The van der Waals surface area contributed by atoms with E-state index >= 15 is 0 Å². The quantitative estimate of drug-likeness (QED) is 0.839. The van der Waals surface area contributed by atoms with Crippen LogP contribution in [0.3, 0.4) is 0 Å².